The molecule has 0 aromatic heterocycles. The van der Waals surface area contributed by atoms with E-state index < -0.39 is 32.5 Å². The number of hydrogen-bond acceptors (Lipinski definition) is 4. The maximum Gasteiger partial charge on any atom is 0.422 e. The zero-order valence-electron chi connectivity index (χ0n) is 9.20. The molecule has 1 N–H and O–H groups in total. The summed E-state index contributed by atoms with van der Waals surface area (Å²) in [6, 6.07) is 0. The van der Waals surface area contributed by atoms with E-state index in [1.165, 1.54) is 0 Å². The van der Waals surface area contributed by atoms with Gasteiger partial charge in [0.05, 0.1) is 6.61 Å². The average molecular weight is 278 g/mol. The van der Waals surface area contributed by atoms with Gasteiger partial charge < -0.3 is 14.2 Å². The summed E-state index contributed by atoms with van der Waals surface area (Å²) in [7, 11) is -4.20. The van der Waals surface area contributed by atoms with Gasteiger partial charge in [0.2, 0.25) is 0 Å². The second kappa shape index (κ2) is 6.98. The third-order valence-electron chi connectivity index (χ3n) is 1.52. The van der Waals surface area contributed by atoms with E-state index in [2.05, 4.69) is 9.26 Å². The molecule has 1 atom stereocenters. The van der Waals surface area contributed by atoms with Gasteiger partial charge in [-0.15, -0.1) is 0 Å². The van der Waals surface area contributed by atoms with E-state index in [1.54, 1.807) is 0 Å². The summed E-state index contributed by atoms with van der Waals surface area (Å²) in [5.74, 6) is -1.41. The van der Waals surface area contributed by atoms with Gasteiger partial charge in [0.15, 0.2) is 6.61 Å². The smallest absolute Gasteiger partial charge is 0.422 e. The predicted molar refractivity (Wildman–Crippen MR) is 52.6 cm³/mol. The molecule has 9 heteroatoms. The fraction of sp³-hybridized carbons (Fsp3) is 0.875. The zero-order chi connectivity index (χ0) is 13.5. The van der Waals surface area contributed by atoms with Crippen molar-refractivity contribution in [2.24, 2.45) is 0 Å². The first-order valence-electron chi connectivity index (χ1n) is 4.85. The lowest BCUT2D eigenvalue weighted by Crippen LogP contribution is -2.22. The second-order valence-corrected chi connectivity index (χ2v) is 5.11. The van der Waals surface area contributed by atoms with Gasteiger partial charge >= 0.3 is 19.7 Å². The molecule has 102 valence electrons. The first kappa shape index (κ1) is 16.4. The molecule has 0 saturated carbocycles. The second-order valence-electron chi connectivity index (χ2n) is 3.26. The van der Waals surface area contributed by atoms with Crippen molar-refractivity contribution >= 4 is 13.6 Å². The van der Waals surface area contributed by atoms with E-state index in [-0.39, 0.29) is 6.61 Å². The van der Waals surface area contributed by atoms with Gasteiger partial charge in [-0.2, -0.15) is 13.2 Å². The Morgan fingerprint density at radius 2 is 2.00 bits per heavy atom. The minimum atomic E-state index is -4.65. The highest BCUT2D eigenvalue weighted by atomic mass is 31.2. The van der Waals surface area contributed by atoms with Crippen LogP contribution >= 0.6 is 7.60 Å². The largest absolute Gasteiger partial charge is 0.456 e. The van der Waals surface area contributed by atoms with Crippen molar-refractivity contribution < 1.29 is 36.7 Å². The molecule has 0 bridgehead atoms. The summed E-state index contributed by atoms with van der Waals surface area (Å²) in [5.41, 5.74) is 0. The first-order valence-corrected chi connectivity index (χ1v) is 6.61. The van der Waals surface area contributed by atoms with E-state index in [0.29, 0.717) is 6.42 Å². The molecular weight excluding hydrogens is 264 g/mol. The summed E-state index contributed by atoms with van der Waals surface area (Å²) < 4.78 is 54.4. The molecule has 0 aliphatic heterocycles. The van der Waals surface area contributed by atoms with Crippen molar-refractivity contribution in [2.45, 2.75) is 25.9 Å². The van der Waals surface area contributed by atoms with Crippen molar-refractivity contribution in [3.05, 3.63) is 0 Å². The Labute approximate surface area is 96.4 Å². The van der Waals surface area contributed by atoms with Gasteiger partial charge in [-0.05, 0) is 6.42 Å². The predicted octanol–water partition coefficient (Wildman–Crippen LogP) is 2.09. The van der Waals surface area contributed by atoms with Crippen LogP contribution in [0.25, 0.3) is 0 Å². The molecular formula is C8H14F3O5P. The van der Waals surface area contributed by atoms with Gasteiger partial charge in [-0.3, -0.25) is 9.36 Å². The maximum atomic E-state index is 11.7. The summed E-state index contributed by atoms with van der Waals surface area (Å²) in [6.45, 7) is 0.0148. The van der Waals surface area contributed by atoms with Crippen LogP contribution in [0.4, 0.5) is 13.2 Å². The number of alkyl halides is 3. The topological polar surface area (TPSA) is 72.8 Å². The SMILES string of the molecule is CCCCOP(=O)(O)CC(=O)OCC(F)(F)F. The molecule has 0 amide bonds. The van der Waals surface area contributed by atoms with Crippen molar-refractivity contribution in [2.75, 3.05) is 19.4 Å². The van der Waals surface area contributed by atoms with Crippen LogP contribution in [0.1, 0.15) is 19.8 Å². The van der Waals surface area contributed by atoms with Crippen LogP contribution in [0.5, 0.6) is 0 Å². The van der Waals surface area contributed by atoms with Crippen LogP contribution in [0.2, 0.25) is 0 Å². The Morgan fingerprint density at radius 1 is 1.41 bits per heavy atom. The van der Waals surface area contributed by atoms with Crippen LogP contribution in [-0.2, 0) is 18.6 Å². The number of halogens is 3. The van der Waals surface area contributed by atoms with Crippen LogP contribution in [0.15, 0.2) is 0 Å². The zero-order valence-corrected chi connectivity index (χ0v) is 10.1. The van der Waals surface area contributed by atoms with Crippen molar-refractivity contribution in [3.63, 3.8) is 0 Å². The number of hydrogen-bond donors (Lipinski definition) is 1. The number of esters is 1. The van der Waals surface area contributed by atoms with Crippen LogP contribution in [-0.4, -0.2) is 36.4 Å². The Hall–Kier alpha value is -0.590. The molecule has 0 saturated heterocycles. The van der Waals surface area contributed by atoms with Crippen LogP contribution < -0.4 is 0 Å². The molecule has 0 aromatic rings. The fourth-order valence-corrected chi connectivity index (χ4v) is 1.69. The molecule has 0 aliphatic carbocycles. The number of rotatable bonds is 7. The van der Waals surface area contributed by atoms with E-state index >= 15 is 0 Å². The third kappa shape index (κ3) is 10.3. The maximum absolute atomic E-state index is 11.7. The number of ether oxygens (including phenoxy) is 1. The minimum absolute atomic E-state index is 0.0309. The summed E-state index contributed by atoms with van der Waals surface area (Å²) in [6.07, 6.45) is -4.49. The Morgan fingerprint density at radius 3 is 2.47 bits per heavy atom. The monoisotopic (exact) mass is 278 g/mol. The minimum Gasteiger partial charge on any atom is -0.456 e. The Bertz CT molecular complexity index is 291. The standard InChI is InChI=1S/C8H14F3O5P/c1-2-3-4-16-17(13,14)5-7(12)15-6-8(9,10)11/h2-6H2,1H3,(H,13,14). The van der Waals surface area contributed by atoms with E-state index in [0.717, 1.165) is 6.42 Å². The molecule has 0 spiro atoms. The normalized spacial score (nSPS) is 15.4. The highest BCUT2D eigenvalue weighted by Crippen LogP contribution is 2.41. The molecule has 0 rings (SSSR count). The van der Waals surface area contributed by atoms with E-state index in [4.69, 9.17) is 4.89 Å². The lowest BCUT2D eigenvalue weighted by atomic mass is 10.4. The van der Waals surface area contributed by atoms with E-state index in [1.807, 2.05) is 6.92 Å². The molecule has 0 radical (unpaired) electrons. The van der Waals surface area contributed by atoms with Gasteiger partial charge in [0.25, 0.3) is 0 Å². The highest BCUT2D eigenvalue weighted by Gasteiger charge is 2.32. The quantitative estimate of drug-likeness (QED) is 0.438. The average Bonchev–Trinajstić information content (AvgIpc) is 2.13. The van der Waals surface area contributed by atoms with Gasteiger partial charge in [-0.1, -0.05) is 13.3 Å². The first-order chi connectivity index (χ1) is 7.66. The highest BCUT2D eigenvalue weighted by molar-refractivity contribution is 7.53. The van der Waals surface area contributed by atoms with Gasteiger partial charge in [0.1, 0.15) is 6.16 Å². The number of carbonyl (C=O) groups is 1. The lowest BCUT2D eigenvalue weighted by molar-refractivity contribution is -0.184. The van der Waals surface area contributed by atoms with Crippen LogP contribution in [0, 0.1) is 0 Å². The molecule has 5 nitrogen and oxygen atoms in total. The third-order valence-corrected chi connectivity index (χ3v) is 2.76. The summed E-state index contributed by atoms with van der Waals surface area (Å²) in [4.78, 5) is 19.9. The van der Waals surface area contributed by atoms with Gasteiger partial charge in [0, 0.05) is 0 Å². The van der Waals surface area contributed by atoms with E-state index in [9.17, 15) is 22.5 Å². The molecule has 1 unspecified atom stereocenters. The Kier molecular flexibility index (Phi) is 6.74. The number of carbonyl (C=O) groups excluding carboxylic acids is 1. The molecule has 0 aliphatic rings. The molecule has 0 heterocycles. The molecule has 17 heavy (non-hydrogen) atoms. The fourth-order valence-electron chi connectivity index (χ4n) is 0.768. The summed E-state index contributed by atoms with van der Waals surface area (Å²) in [5, 5.41) is 0. The van der Waals surface area contributed by atoms with Crippen molar-refractivity contribution in [1.82, 2.24) is 0 Å². The molecule has 0 fully saturated rings. The van der Waals surface area contributed by atoms with Crippen molar-refractivity contribution in [3.8, 4) is 0 Å². The van der Waals surface area contributed by atoms with Crippen molar-refractivity contribution in [1.29, 1.82) is 0 Å². The lowest BCUT2D eigenvalue weighted by Gasteiger charge is -2.12. The van der Waals surface area contributed by atoms with Crippen LogP contribution in [0.3, 0.4) is 0 Å². The molecule has 0 aromatic carbocycles. The number of unbranched alkanes of at least 4 members (excludes halogenated alkanes) is 1. The summed E-state index contributed by atoms with van der Waals surface area (Å²) >= 11 is 0. The Balaban J connectivity index is 3.97. The van der Waals surface area contributed by atoms with Gasteiger partial charge in [-0.25, -0.2) is 0 Å².